The van der Waals surface area contributed by atoms with E-state index in [1.807, 2.05) is 6.92 Å². The number of ether oxygens (including phenoxy) is 1. The van der Waals surface area contributed by atoms with Crippen LogP contribution in [0.2, 0.25) is 0 Å². The summed E-state index contributed by atoms with van der Waals surface area (Å²) in [6.45, 7) is 4.15. The van der Waals surface area contributed by atoms with Gasteiger partial charge in [0.1, 0.15) is 5.75 Å². The van der Waals surface area contributed by atoms with Crippen molar-refractivity contribution in [3.63, 3.8) is 0 Å². The van der Waals surface area contributed by atoms with Crippen molar-refractivity contribution in [1.82, 2.24) is 0 Å². The number of halogens is 1. The molecule has 0 aromatic heterocycles. The Labute approximate surface area is 93.2 Å². The molecule has 88 valence electrons. The molecule has 0 saturated heterocycles. The molecule has 16 heavy (non-hydrogen) atoms. The standard InChI is InChI=1S/C11H14FNO3/c1-3-5-8-6-10(13(14)15)9(12)7-11(8)16-4-2/h6-7H,3-5H2,1-2H3. The highest BCUT2D eigenvalue weighted by molar-refractivity contribution is 5.45. The van der Waals surface area contributed by atoms with E-state index < -0.39 is 16.4 Å². The summed E-state index contributed by atoms with van der Waals surface area (Å²) in [4.78, 5) is 9.85. The van der Waals surface area contributed by atoms with Gasteiger partial charge in [0.25, 0.3) is 0 Å². The zero-order valence-corrected chi connectivity index (χ0v) is 9.33. The van der Waals surface area contributed by atoms with E-state index in [1.54, 1.807) is 6.92 Å². The Hall–Kier alpha value is -1.65. The summed E-state index contributed by atoms with van der Waals surface area (Å²) in [7, 11) is 0. The molecule has 0 N–H and O–H groups in total. The SMILES string of the molecule is CCCc1cc([N+](=O)[O-])c(F)cc1OCC. The van der Waals surface area contributed by atoms with E-state index in [0.717, 1.165) is 12.5 Å². The molecular weight excluding hydrogens is 213 g/mol. The van der Waals surface area contributed by atoms with Crippen molar-refractivity contribution in [1.29, 1.82) is 0 Å². The Morgan fingerprint density at radius 3 is 2.62 bits per heavy atom. The lowest BCUT2D eigenvalue weighted by Gasteiger charge is -2.09. The van der Waals surface area contributed by atoms with E-state index in [2.05, 4.69) is 0 Å². The topological polar surface area (TPSA) is 52.4 Å². The molecule has 0 unspecified atom stereocenters. The maximum atomic E-state index is 13.3. The highest BCUT2D eigenvalue weighted by Crippen LogP contribution is 2.28. The van der Waals surface area contributed by atoms with Gasteiger partial charge in [0.15, 0.2) is 0 Å². The van der Waals surface area contributed by atoms with Gasteiger partial charge in [-0.15, -0.1) is 0 Å². The lowest BCUT2D eigenvalue weighted by atomic mass is 10.1. The van der Waals surface area contributed by atoms with Gasteiger partial charge in [-0.3, -0.25) is 10.1 Å². The maximum absolute atomic E-state index is 13.3. The van der Waals surface area contributed by atoms with Crippen LogP contribution in [0.5, 0.6) is 5.75 Å². The first kappa shape index (κ1) is 12.4. The minimum absolute atomic E-state index is 0.396. The van der Waals surface area contributed by atoms with Crippen LogP contribution in [0.3, 0.4) is 0 Å². The second-order valence-corrected chi connectivity index (χ2v) is 3.35. The Bertz CT molecular complexity index is 393. The summed E-state index contributed by atoms with van der Waals surface area (Å²) in [5, 5.41) is 10.6. The summed E-state index contributed by atoms with van der Waals surface area (Å²) in [6, 6.07) is 2.34. The molecule has 1 aromatic rings. The third kappa shape index (κ3) is 2.68. The van der Waals surface area contributed by atoms with Crippen molar-refractivity contribution in [2.75, 3.05) is 6.61 Å². The molecule has 0 aliphatic heterocycles. The lowest BCUT2D eigenvalue weighted by Crippen LogP contribution is -2.01. The van der Waals surface area contributed by atoms with Gasteiger partial charge in [-0.05, 0) is 13.3 Å². The monoisotopic (exact) mass is 227 g/mol. The smallest absolute Gasteiger partial charge is 0.305 e. The third-order valence-electron chi connectivity index (χ3n) is 2.15. The van der Waals surface area contributed by atoms with Gasteiger partial charge >= 0.3 is 5.69 Å². The van der Waals surface area contributed by atoms with E-state index in [9.17, 15) is 14.5 Å². The van der Waals surface area contributed by atoms with Gasteiger partial charge in [0, 0.05) is 17.7 Å². The number of hydrogen-bond acceptors (Lipinski definition) is 3. The quantitative estimate of drug-likeness (QED) is 0.573. The maximum Gasteiger partial charge on any atom is 0.305 e. The molecule has 0 atom stereocenters. The van der Waals surface area contributed by atoms with Crippen molar-refractivity contribution in [3.05, 3.63) is 33.6 Å². The Morgan fingerprint density at radius 2 is 2.12 bits per heavy atom. The fourth-order valence-corrected chi connectivity index (χ4v) is 1.48. The second kappa shape index (κ2) is 5.44. The first-order valence-corrected chi connectivity index (χ1v) is 5.19. The first-order valence-electron chi connectivity index (χ1n) is 5.19. The molecule has 0 amide bonds. The molecule has 1 rings (SSSR count). The van der Waals surface area contributed by atoms with Crippen LogP contribution in [0, 0.1) is 15.9 Å². The second-order valence-electron chi connectivity index (χ2n) is 3.35. The number of nitrogens with zero attached hydrogens (tertiary/aromatic N) is 1. The van der Waals surface area contributed by atoms with Gasteiger partial charge in [0.2, 0.25) is 5.82 Å². The van der Waals surface area contributed by atoms with Gasteiger partial charge < -0.3 is 4.74 Å². The average molecular weight is 227 g/mol. The molecule has 0 heterocycles. The number of aryl methyl sites for hydroxylation is 1. The average Bonchev–Trinajstić information content (AvgIpc) is 2.22. The van der Waals surface area contributed by atoms with Gasteiger partial charge in [-0.25, -0.2) is 0 Å². The number of nitro benzene ring substituents is 1. The van der Waals surface area contributed by atoms with E-state index in [-0.39, 0.29) is 0 Å². The zero-order chi connectivity index (χ0) is 12.1. The molecule has 1 aromatic carbocycles. The third-order valence-corrected chi connectivity index (χ3v) is 2.15. The molecule has 0 saturated carbocycles. The number of rotatable bonds is 5. The number of benzene rings is 1. The molecule has 4 nitrogen and oxygen atoms in total. The lowest BCUT2D eigenvalue weighted by molar-refractivity contribution is -0.387. The van der Waals surface area contributed by atoms with Crippen molar-refractivity contribution < 1.29 is 14.1 Å². The molecule has 0 fully saturated rings. The van der Waals surface area contributed by atoms with Crippen molar-refractivity contribution >= 4 is 5.69 Å². The summed E-state index contributed by atoms with van der Waals surface area (Å²) in [6.07, 6.45) is 1.46. The molecular formula is C11H14FNO3. The molecule has 0 aliphatic carbocycles. The van der Waals surface area contributed by atoms with Crippen LogP contribution >= 0.6 is 0 Å². The molecule has 0 radical (unpaired) electrons. The highest BCUT2D eigenvalue weighted by Gasteiger charge is 2.18. The van der Waals surface area contributed by atoms with Gasteiger partial charge in [-0.1, -0.05) is 13.3 Å². The van der Waals surface area contributed by atoms with E-state index in [1.165, 1.54) is 6.07 Å². The van der Waals surface area contributed by atoms with Crippen LogP contribution < -0.4 is 4.74 Å². The summed E-state index contributed by atoms with van der Waals surface area (Å²) in [5.41, 5.74) is 0.185. The van der Waals surface area contributed by atoms with Crippen LogP contribution in [-0.4, -0.2) is 11.5 Å². The zero-order valence-electron chi connectivity index (χ0n) is 9.33. The molecule has 5 heteroatoms. The van der Waals surface area contributed by atoms with Crippen LogP contribution in [0.4, 0.5) is 10.1 Å². The Balaban J connectivity index is 3.19. The van der Waals surface area contributed by atoms with Crippen molar-refractivity contribution in [2.45, 2.75) is 26.7 Å². The molecule has 0 aliphatic rings. The highest BCUT2D eigenvalue weighted by atomic mass is 19.1. The summed E-state index contributed by atoms with van der Waals surface area (Å²) < 4.78 is 18.6. The van der Waals surface area contributed by atoms with E-state index >= 15 is 0 Å². The van der Waals surface area contributed by atoms with Gasteiger partial charge in [-0.2, -0.15) is 4.39 Å². The Morgan fingerprint density at radius 1 is 1.44 bits per heavy atom. The van der Waals surface area contributed by atoms with Crippen LogP contribution in [0.25, 0.3) is 0 Å². The molecule has 0 bridgehead atoms. The van der Waals surface area contributed by atoms with Crippen LogP contribution in [-0.2, 0) is 6.42 Å². The van der Waals surface area contributed by atoms with E-state index in [0.29, 0.717) is 24.3 Å². The minimum Gasteiger partial charge on any atom is -0.493 e. The first-order chi connectivity index (χ1) is 7.60. The van der Waals surface area contributed by atoms with Crippen molar-refractivity contribution in [3.8, 4) is 5.75 Å². The summed E-state index contributed by atoms with van der Waals surface area (Å²) >= 11 is 0. The Kier molecular flexibility index (Phi) is 4.22. The van der Waals surface area contributed by atoms with Crippen LogP contribution in [0.1, 0.15) is 25.8 Å². The molecule has 0 spiro atoms. The van der Waals surface area contributed by atoms with Crippen LogP contribution in [0.15, 0.2) is 12.1 Å². The van der Waals surface area contributed by atoms with Crippen molar-refractivity contribution in [2.24, 2.45) is 0 Å². The summed E-state index contributed by atoms with van der Waals surface area (Å²) in [5.74, 6) is -0.458. The number of nitro groups is 1. The predicted molar refractivity (Wildman–Crippen MR) is 58.2 cm³/mol. The number of hydrogen-bond donors (Lipinski definition) is 0. The fraction of sp³-hybridized carbons (Fsp3) is 0.455. The van der Waals surface area contributed by atoms with E-state index in [4.69, 9.17) is 4.74 Å². The fourth-order valence-electron chi connectivity index (χ4n) is 1.48. The normalized spacial score (nSPS) is 10.2. The minimum atomic E-state index is -0.853. The largest absolute Gasteiger partial charge is 0.493 e. The predicted octanol–water partition coefficient (Wildman–Crippen LogP) is 3.09. The van der Waals surface area contributed by atoms with Gasteiger partial charge in [0.05, 0.1) is 11.5 Å².